The normalized spacial score (nSPS) is 30.4. The first kappa shape index (κ1) is 14.8. The minimum absolute atomic E-state index is 0.0313. The number of hydrogen-bond acceptors (Lipinski definition) is 3. The van der Waals surface area contributed by atoms with Gasteiger partial charge in [0.2, 0.25) is 5.91 Å². The molecular weight excluding hydrogens is 240 g/mol. The molecule has 2 fully saturated rings. The lowest BCUT2D eigenvalue weighted by Gasteiger charge is -2.39. The predicted molar refractivity (Wildman–Crippen MR) is 75.7 cm³/mol. The molecule has 3 unspecified atom stereocenters. The molecule has 4 heteroatoms. The Balaban J connectivity index is 1.91. The highest BCUT2D eigenvalue weighted by Gasteiger charge is 2.33. The van der Waals surface area contributed by atoms with Crippen LogP contribution in [0.4, 0.5) is 0 Å². The van der Waals surface area contributed by atoms with Gasteiger partial charge in [-0.15, -0.1) is 0 Å². The number of rotatable bonds is 5. The molecule has 1 aliphatic carbocycles. The van der Waals surface area contributed by atoms with Crippen molar-refractivity contribution in [3.63, 3.8) is 0 Å². The van der Waals surface area contributed by atoms with Gasteiger partial charge in [0.1, 0.15) is 0 Å². The maximum absolute atomic E-state index is 11.8. The van der Waals surface area contributed by atoms with Gasteiger partial charge in [-0.2, -0.15) is 0 Å². The SMILES string of the molecule is CC(C)C(=O)NC1CC(C(C)O)CN(CC2CC2)C1. The number of aliphatic hydroxyl groups excluding tert-OH is 1. The molecule has 0 bridgehead atoms. The van der Waals surface area contributed by atoms with Crippen LogP contribution >= 0.6 is 0 Å². The van der Waals surface area contributed by atoms with Crippen LogP contribution in [0.5, 0.6) is 0 Å². The predicted octanol–water partition coefficient (Wildman–Crippen LogP) is 1.24. The largest absolute Gasteiger partial charge is 0.393 e. The van der Waals surface area contributed by atoms with Gasteiger partial charge < -0.3 is 15.3 Å². The molecule has 1 aliphatic heterocycles. The van der Waals surface area contributed by atoms with Crippen molar-refractivity contribution in [2.75, 3.05) is 19.6 Å². The molecule has 3 atom stereocenters. The third-order valence-corrected chi connectivity index (χ3v) is 4.32. The fourth-order valence-corrected chi connectivity index (χ4v) is 2.87. The molecular formula is C15H28N2O2. The third kappa shape index (κ3) is 4.46. The molecule has 0 aromatic carbocycles. The van der Waals surface area contributed by atoms with Crippen molar-refractivity contribution in [2.24, 2.45) is 17.8 Å². The number of hydrogen-bond donors (Lipinski definition) is 2. The van der Waals surface area contributed by atoms with E-state index in [0.717, 1.165) is 32.0 Å². The first-order valence-electron chi connectivity index (χ1n) is 7.66. The van der Waals surface area contributed by atoms with Crippen molar-refractivity contribution in [3.05, 3.63) is 0 Å². The van der Waals surface area contributed by atoms with E-state index in [4.69, 9.17) is 0 Å². The number of carbonyl (C=O) groups is 1. The molecule has 1 amide bonds. The van der Waals surface area contributed by atoms with Crippen LogP contribution in [0.2, 0.25) is 0 Å². The highest BCUT2D eigenvalue weighted by molar-refractivity contribution is 5.78. The Labute approximate surface area is 116 Å². The Morgan fingerprint density at radius 1 is 1.32 bits per heavy atom. The van der Waals surface area contributed by atoms with E-state index in [1.807, 2.05) is 20.8 Å². The summed E-state index contributed by atoms with van der Waals surface area (Å²) in [7, 11) is 0. The molecule has 1 saturated heterocycles. The minimum atomic E-state index is -0.291. The second-order valence-electron chi connectivity index (χ2n) is 6.76. The maximum Gasteiger partial charge on any atom is 0.222 e. The summed E-state index contributed by atoms with van der Waals surface area (Å²) in [4.78, 5) is 14.3. The van der Waals surface area contributed by atoms with E-state index in [1.54, 1.807) is 0 Å². The van der Waals surface area contributed by atoms with Crippen molar-refractivity contribution < 1.29 is 9.90 Å². The van der Waals surface area contributed by atoms with Gasteiger partial charge in [0, 0.05) is 31.6 Å². The summed E-state index contributed by atoms with van der Waals surface area (Å²) in [5.41, 5.74) is 0. The average Bonchev–Trinajstić information content (AvgIpc) is 3.12. The summed E-state index contributed by atoms with van der Waals surface area (Å²) in [6, 6.07) is 0.196. The molecule has 2 aliphatic rings. The van der Waals surface area contributed by atoms with Gasteiger partial charge in [-0.05, 0) is 38.0 Å². The number of nitrogens with zero attached hydrogens (tertiary/aromatic N) is 1. The Morgan fingerprint density at radius 2 is 2.00 bits per heavy atom. The van der Waals surface area contributed by atoms with Crippen molar-refractivity contribution in [3.8, 4) is 0 Å². The molecule has 1 heterocycles. The average molecular weight is 268 g/mol. The second-order valence-corrected chi connectivity index (χ2v) is 6.76. The summed E-state index contributed by atoms with van der Waals surface area (Å²) < 4.78 is 0. The van der Waals surface area contributed by atoms with E-state index in [-0.39, 0.29) is 29.9 Å². The molecule has 2 rings (SSSR count). The van der Waals surface area contributed by atoms with E-state index >= 15 is 0 Å². The quantitative estimate of drug-likeness (QED) is 0.789. The Morgan fingerprint density at radius 3 is 2.53 bits per heavy atom. The standard InChI is InChI=1S/C15H28N2O2/c1-10(2)15(19)16-14-6-13(11(3)18)8-17(9-14)7-12-4-5-12/h10-14,18H,4-9H2,1-3H3,(H,16,19). The van der Waals surface area contributed by atoms with Crippen LogP contribution in [0.1, 0.15) is 40.0 Å². The van der Waals surface area contributed by atoms with E-state index < -0.39 is 0 Å². The molecule has 0 aromatic heterocycles. The van der Waals surface area contributed by atoms with Gasteiger partial charge in [-0.25, -0.2) is 0 Å². The molecule has 110 valence electrons. The number of amides is 1. The van der Waals surface area contributed by atoms with Crippen molar-refractivity contribution in [2.45, 2.75) is 52.2 Å². The van der Waals surface area contributed by atoms with Crippen molar-refractivity contribution in [1.82, 2.24) is 10.2 Å². The second kappa shape index (κ2) is 6.23. The Bertz CT molecular complexity index is 313. The lowest BCUT2D eigenvalue weighted by molar-refractivity contribution is -0.125. The Hall–Kier alpha value is -0.610. The van der Waals surface area contributed by atoms with Crippen molar-refractivity contribution in [1.29, 1.82) is 0 Å². The number of likely N-dealkylation sites (tertiary alicyclic amines) is 1. The lowest BCUT2D eigenvalue weighted by Crippen LogP contribution is -2.53. The third-order valence-electron chi connectivity index (χ3n) is 4.32. The molecule has 0 spiro atoms. The van der Waals surface area contributed by atoms with E-state index in [9.17, 15) is 9.90 Å². The maximum atomic E-state index is 11.8. The van der Waals surface area contributed by atoms with Crippen LogP contribution in [0.25, 0.3) is 0 Å². The van der Waals surface area contributed by atoms with Gasteiger partial charge in [-0.1, -0.05) is 13.8 Å². The first-order valence-corrected chi connectivity index (χ1v) is 7.66. The molecule has 0 radical (unpaired) electrons. The summed E-state index contributed by atoms with van der Waals surface area (Å²) in [6.45, 7) is 8.77. The summed E-state index contributed by atoms with van der Waals surface area (Å²) in [6.07, 6.45) is 3.30. The van der Waals surface area contributed by atoms with Crippen LogP contribution in [0, 0.1) is 17.8 Å². The highest BCUT2D eigenvalue weighted by Crippen LogP contribution is 2.31. The van der Waals surface area contributed by atoms with E-state index in [1.165, 1.54) is 12.8 Å². The highest BCUT2D eigenvalue weighted by atomic mass is 16.3. The zero-order valence-corrected chi connectivity index (χ0v) is 12.4. The molecule has 1 saturated carbocycles. The van der Waals surface area contributed by atoms with Crippen LogP contribution in [-0.2, 0) is 4.79 Å². The fourth-order valence-electron chi connectivity index (χ4n) is 2.87. The number of carbonyl (C=O) groups excluding carboxylic acids is 1. The van der Waals surface area contributed by atoms with Crippen molar-refractivity contribution >= 4 is 5.91 Å². The molecule has 4 nitrogen and oxygen atoms in total. The number of piperidine rings is 1. The molecule has 19 heavy (non-hydrogen) atoms. The summed E-state index contributed by atoms with van der Waals surface area (Å²) >= 11 is 0. The van der Waals surface area contributed by atoms with E-state index in [2.05, 4.69) is 10.2 Å². The first-order chi connectivity index (χ1) is 8.95. The molecule has 0 aromatic rings. The van der Waals surface area contributed by atoms with Gasteiger partial charge in [-0.3, -0.25) is 4.79 Å². The van der Waals surface area contributed by atoms with Gasteiger partial charge >= 0.3 is 0 Å². The topological polar surface area (TPSA) is 52.6 Å². The van der Waals surface area contributed by atoms with E-state index in [0.29, 0.717) is 0 Å². The fraction of sp³-hybridized carbons (Fsp3) is 0.933. The van der Waals surface area contributed by atoms with Gasteiger partial charge in [0.25, 0.3) is 0 Å². The smallest absolute Gasteiger partial charge is 0.222 e. The minimum Gasteiger partial charge on any atom is -0.393 e. The van der Waals surface area contributed by atoms with Gasteiger partial charge in [0.15, 0.2) is 0 Å². The molecule has 2 N–H and O–H groups in total. The lowest BCUT2D eigenvalue weighted by atomic mass is 9.89. The number of aliphatic hydroxyl groups is 1. The Kier molecular flexibility index (Phi) is 4.85. The van der Waals surface area contributed by atoms with Crippen LogP contribution in [0.3, 0.4) is 0 Å². The van der Waals surface area contributed by atoms with Crippen LogP contribution in [0.15, 0.2) is 0 Å². The monoisotopic (exact) mass is 268 g/mol. The zero-order valence-electron chi connectivity index (χ0n) is 12.4. The van der Waals surface area contributed by atoms with Gasteiger partial charge in [0.05, 0.1) is 6.10 Å². The van der Waals surface area contributed by atoms with Crippen LogP contribution in [-0.4, -0.2) is 47.7 Å². The zero-order chi connectivity index (χ0) is 14.0. The number of nitrogens with one attached hydrogen (secondary N) is 1. The summed E-state index contributed by atoms with van der Waals surface area (Å²) in [5.74, 6) is 1.30. The summed E-state index contributed by atoms with van der Waals surface area (Å²) in [5, 5.41) is 13.0. The van der Waals surface area contributed by atoms with Crippen LogP contribution < -0.4 is 5.32 Å².